The van der Waals surface area contributed by atoms with Gasteiger partial charge < -0.3 is 4.74 Å². The molecule has 0 aromatic heterocycles. The second-order valence-corrected chi connectivity index (χ2v) is 6.69. The van der Waals surface area contributed by atoms with E-state index in [9.17, 15) is 8.42 Å². The van der Waals surface area contributed by atoms with E-state index in [1.165, 1.54) is 0 Å². The minimum absolute atomic E-state index is 0.0747. The van der Waals surface area contributed by atoms with E-state index in [0.717, 1.165) is 11.3 Å². The second kappa shape index (κ2) is 4.26. The van der Waals surface area contributed by atoms with Crippen molar-refractivity contribution < 1.29 is 13.2 Å². The normalized spacial score (nSPS) is 27.9. The van der Waals surface area contributed by atoms with Gasteiger partial charge in [0.25, 0.3) is 0 Å². The maximum absolute atomic E-state index is 11.4. The lowest BCUT2D eigenvalue weighted by Gasteiger charge is -2.12. The largest absolute Gasteiger partial charge is 0.497 e. The summed E-state index contributed by atoms with van der Waals surface area (Å²) >= 11 is 6.06. The van der Waals surface area contributed by atoms with Crippen LogP contribution < -0.4 is 4.74 Å². The van der Waals surface area contributed by atoms with Crippen molar-refractivity contribution in [3.8, 4) is 5.75 Å². The zero-order valence-corrected chi connectivity index (χ0v) is 10.5. The monoisotopic (exact) mass is 260 g/mol. The minimum Gasteiger partial charge on any atom is -0.497 e. The average molecular weight is 261 g/mol. The van der Waals surface area contributed by atoms with Crippen molar-refractivity contribution in [2.45, 2.75) is 11.3 Å². The maximum atomic E-state index is 11.4. The van der Waals surface area contributed by atoms with Crippen molar-refractivity contribution in [3.63, 3.8) is 0 Å². The van der Waals surface area contributed by atoms with Gasteiger partial charge in [-0.15, -0.1) is 11.6 Å². The Hall–Kier alpha value is -0.740. The van der Waals surface area contributed by atoms with Crippen LogP contribution in [0.1, 0.15) is 11.5 Å². The fourth-order valence-electron chi connectivity index (χ4n) is 1.96. The van der Waals surface area contributed by atoms with Gasteiger partial charge >= 0.3 is 0 Å². The van der Waals surface area contributed by atoms with Crippen LogP contribution in [0.3, 0.4) is 0 Å². The molecular formula is C11H13ClO3S. The van der Waals surface area contributed by atoms with E-state index < -0.39 is 9.84 Å². The molecule has 3 nitrogen and oxygen atoms in total. The first-order chi connectivity index (χ1) is 7.52. The van der Waals surface area contributed by atoms with Gasteiger partial charge in [-0.2, -0.15) is 0 Å². The predicted molar refractivity (Wildman–Crippen MR) is 64.0 cm³/mol. The highest BCUT2D eigenvalue weighted by Gasteiger charge is 2.37. The third-order valence-electron chi connectivity index (χ3n) is 2.83. The van der Waals surface area contributed by atoms with Crippen LogP contribution >= 0.6 is 11.6 Å². The Labute approximate surface area is 100 Å². The molecular weight excluding hydrogens is 248 g/mol. The summed E-state index contributed by atoms with van der Waals surface area (Å²) < 4.78 is 27.9. The molecule has 0 aliphatic carbocycles. The summed E-state index contributed by atoms with van der Waals surface area (Å²) in [5.74, 6) is 0.881. The number of ether oxygens (including phenoxy) is 1. The van der Waals surface area contributed by atoms with Crippen LogP contribution in [-0.2, 0) is 9.84 Å². The number of rotatable bonds is 2. The zero-order valence-electron chi connectivity index (χ0n) is 8.89. The highest BCUT2D eigenvalue weighted by Crippen LogP contribution is 2.33. The summed E-state index contributed by atoms with van der Waals surface area (Å²) in [6.07, 6.45) is 0. The lowest BCUT2D eigenvalue weighted by molar-refractivity contribution is 0.414. The van der Waals surface area contributed by atoms with Gasteiger partial charge in [0.05, 0.1) is 24.0 Å². The molecule has 1 aromatic carbocycles. The fraction of sp³-hybridized carbons (Fsp3) is 0.455. The summed E-state index contributed by atoms with van der Waals surface area (Å²) in [4.78, 5) is 0. The van der Waals surface area contributed by atoms with Crippen LogP contribution in [0.4, 0.5) is 0 Å². The summed E-state index contributed by atoms with van der Waals surface area (Å²) in [6, 6.07) is 7.40. The number of benzene rings is 1. The highest BCUT2D eigenvalue weighted by molar-refractivity contribution is 7.91. The standard InChI is InChI=1S/C11H13ClO3S/c1-15-9-4-2-8(3-5-9)10-6-16(13,14)7-11(10)12/h2-5,10-11H,6-7H2,1H3/t10-,11+/m1/s1. The number of halogens is 1. The predicted octanol–water partition coefficient (Wildman–Crippen LogP) is 1.81. The van der Waals surface area contributed by atoms with Crippen molar-refractivity contribution in [1.82, 2.24) is 0 Å². The maximum Gasteiger partial charge on any atom is 0.152 e. The molecule has 1 aromatic rings. The Balaban J connectivity index is 2.24. The molecule has 0 spiro atoms. The highest BCUT2D eigenvalue weighted by atomic mass is 35.5. The SMILES string of the molecule is COc1ccc([C@H]2CS(=O)(=O)C[C@@H]2Cl)cc1. The van der Waals surface area contributed by atoms with Crippen LogP contribution in [0.25, 0.3) is 0 Å². The average Bonchev–Trinajstić information content (AvgIpc) is 2.52. The second-order valence-electron chi connectivity index (χ2n) is 3.97. The number of methoxy groups -OCH3 is 1. The Morgan fingerprint density at radius 1 is 1.25 bits per heavy atom. The Kier molecular flexibility index (Phi) is 3.13. The van der Waals surface area contributed by atoms with Crippen molar-refractivity contribution in [2.24, 2.45) is 0 Å². The van der Waals surface area contributed by atoms with E-state index in [0.29, 0.717) is 0 Å². The van der Waals surface area contributed by atoms with Gasteiger partial charge in [-0.25, -0.2) is 8.42 Å². The first kappa shape index (κ1) is 11.7. The van der Waals surface area contributed by atoms with Crippen molar-refractivity contribution in [1.29, 1.82) is 0 Å². The van der Waals surface area contributed by atoms with Crippen molar-refractivity contribution in [2.75, 3.05) is 18.6 Å². The van der Waals surface area contributed by atoms with Crippen molar-refractivity contribution in [3.05, 3.63) is 29.8 Å². The molecule has 5 heteroatoms. The Morgan fingerprint density at radius 3 is 2.31 bits per heavy atom. The molecule has 1 heterocycles. The van der Waals surface area contributed by atoms with Gasteiger partial charge in [0.2, 0.25) is 0 Å². The number of sulfone groups is 1. The molecule has 0 saturated carbocycles. The summed E-state index contributed by atoms with van der Waals surface area (Å²) in [5.41, 5.74) is 0.960. The molecule has 2 rings (SSSR count). The molecule has 1 fully saturated rings. The molecule has 1 saturated heterocycles. The van der Waals surface area contributed by atoms with E-state index in [4.69, 9.17) is 16.3 Å². The fourth-order valence-corrected chi connectivity index (χ4v) is 4.70. The molecule has 0 N–H and O–H groups in total. The first-order valence-corrected chi connectivity index (χ1v) is 7.26. The third-order valence-corrected chi connectivity index (χ3v) is 5.20. The summed E-state index contributed by atoms with van der Waals surface area (Å²) in [6.45, 7) is 0. The topological polar surface area (TPSA) is 43.4 Å². The van der Waals surface area contributed by atoms with E-state index >= 15 is 0 Å². The molecule has 0 bridgehead atoms. The number of hydrogen-bond donors (Lipinski definition) is 0. The Morgan fingerprint density at radius 2 is 1.88 bits per heavy atom. The van der Waals surface area contributed by atoms with Gasteiger partial charge in [-0.1, -0.05) is 12.1 Å². The van der Waals surface area contributed by atoms with Gasteiger partial charge in [0, 0.05) is 5.92 Å². The molecule has 1 aliphatic rings. The van der Waals surface area contributed by atoms with Gasteiger partial charge in [0.1, 0.15) is 5.75 Å². The lowest BCUT2D eigenvalue weighted by atomic mass is 9.98. The molecule has 0 amide bonds. The third kappa shape index (κ3) is 2.33. The van der Waals surface area contributed by atoms with Crippen LogP contribution in [-0.4, -0.2) is 32.4 Å². The minimum atomic E-state index is -2.97. The Bertz CT molecular complexity index is 467. The van der Waals surface area contributed by atoms with E-state index in [1.807, 2.05) is 24.3 Å². The van der Waals surface area contributed by atoms with Crippen LogP contribution in [0.5, 0.6) is 5.75 Å². The van der Waals surface area contributed by atoms with E-state index in [-0.39, 0.29) is 22.8 Å². The molecule has 2 atom stereocenters. The number of hydrogen-bond acceptors (Lipinski definition) is 3. The molecule has 0 radical (unpaired) electrons. The van der Waals surface area contributed by atoms with E-state index in [1.54, 1.807) is 7.11 Å². The van der Waals surface area contributed by atoms with Gasteiger partial charge in [-0.3, -0.25) is 0 Å². The van der Waals surface area contributed by atoms with Crippen LogP contribution in [0, 0.1) is 0 Å². The molecule has 16 heavy (non-hydrogen) atoms. The quantitative estimate of drug-likeness (QED) is 0.762. The number of alkyl halides is 1. The van der Waals surface area contributed by atoms with E-state index in [2.05, 4.69) is 0 Å². The molecule has 0 unspecified atom stereocenters. The first-order valence-electron chi connectivity index (χ1n) is 5.00. The van der Waals surface area contributed by atoms with Gasteiger partial charge in [0.15, 0.2) is 9.84 Å². The molecule has 88 valence electrons. The summed E-state index contributed by atoms with van der Waals surface area (Å²) in [5, 5.41) is -0.321. The molecule has 1 aliphatic heterocycles. The van der Waals surface area contributed by atoms with Crippen LogP contribution in [0.15, 0.2) is 24.3 Å². The zero-order chi connectivity index (χ0) is 11.8. The smallest absolute Gasteiger partial charge is 0.152 e. The van der Waals surface area contributed by atoms with Crippen molar-refractivity contribution >= 4 is 21.4 Å². The van der Waals surface area contributed by atoms with Crippen LogP contribution in [0.2, 0.25) is 0 Å². The summed E-state index contributed by atoms with van der Waals surface area (Å²) in [7, 11) is -1.38. The van der Waals surface area contributed by atoms with Gasteiger partial charge in [-0.05, 0) is 17.7 Å². The lowest BCUT2D eigenvalue weighted by Crippen LogP contribution is -2.09.